The zero-order valence-corrected chi connectivity index (χ0v) is 11.8. The molecule has 7 heteroatoms. The maximum atomic E-state index is 12.4. The predicted octanol–water partition coefficient (Wildman–Crippen LogP) is 2.98. The average Bonchev–Trinajstić information content (AvgIpc) is 2.32. The number of amides is 1. The van der Waals surface area contributed by atoms with E-state index in [1.807, 2.05) is 0 Å². The van der Waals surface area contributed by atoms with Gasteiger partial charge in [0.1, 0.15) is 17.0 Å². The molecule has 1 aromatic rings. The van der Waals surface area contributed by atoms with E-state index in [0.29, 0.717) is 0 Å². The fourth-order valence-electron chi connectivity index (χ4n) is 1.23. The van der Waals surface area contributed by atoms with E-state index >= 15 is 0 Å². The zero-order chi connectivity index (χ0) is 16.1. The van der Waals surface area contributed by atoms with Crippen molar-refractivity contribution in [2.75, 3.05) is 6.54 Å². The minimum Gasteiger partial charge on any atom is -0.444 e. The number of alkyl carbamates (subject to hydrolysis) is 1. The van der Waals surface area contributed by atoms with E-state index in [2.05, 4.69) is 22.1 Å². The molecule has 4 nitrogen and oxygen atoms in total. The second-order valence-corrected chi connectivity index (χ2v) is 5.06. The fourth-order valence-corrected chi connectivity index (χ4v) is 1.23. The van der Waals surface area contributed by atoms with E-state index in [0.717, 1.165) is 6.07 Å². The number of nitrogens with one attached hydrogen (secondary N) is 1. The number of hydrogen-bond donors (Lipinski definition) is 1. The number of hydrogen-bond acceptors (Lipinski definition) is 3. The fraction of sp³-hybridized carbons (Fsp3) is 0.429. The Kier molecular flexibility index (Phi) is 5.19. The summed E-state index contributed by atoms with van der Waals surface area (Å²) in [5.74, 6) is 4.95. The second kappa shape index (κ2) is 6.48. The van der Waals surface area contributed by atoms with Crippen LogP contribution in [0, 0.1) is 11.8 Å². The molecule has 0 aliphatic carbocycles. The minimum absolute atomic E-state index is 0.0178. The van der Waals surface area contributed by atoms with Gasteiger partial charge >= 0.3 is 12.3 Å². The van der Waals surface area contributed by atoms with E-state index in [1.165, 1.54) is 12.1 Å². The van der Waals surface area contributed by atoms with Crippen LogP contribution in [0.4, 0.5) is 18.0 Å². The second-order valence-electron chi connectivity index (χ2n) is 5.06. The maximum Gasteiger partial charge on any atom is 0.433 e. The average molecular weight is 300 g/mol. The number of nitrogens with zero attached hydrogens (tertiary/aromatic N) is 1. The first-order chi connectivity index (χ1) is 9.58. The van der Waals surface area contributed by atoms with Crippen molar-refractivity contribution in [1.29, 1.82) is 0 Å². The van der Waals surface area contributed by atoms with Gasteiger partial charge in [0.05, 0.1) is 6.54 Å². The largest absolute Gasteiger partial charge is 0.444 e. The van der Waals surface area contributed by atoms with Gasteiger partial charge in [0.15, 0.2) is 0 Å². The van der Waals surface area contributed by atoms with Crippen molar-refractivity contribution >= 4 is 6.09 Å². The van der Waals surface area contributed by atoms with Crippen LogP contribution >= 0.6 is 0 Å². The predicted molar refractivity (Wildman–Crippen MR) is 70.4 cm³/mol. The van der Waals surface area contributed by atoms with E-state index in [4.69, 9.17) is 4.74 Å². The third-order valence-electron chi connectivity index (χ3n) is 1.98. The maximum absolute atomic E-state index is 12.4. The van der Waals surface area contributed by atoms with Crippen LogP contribution in [0.1, 0.15) is 32.2 Å². The van der Waals surface area contributed by atoms with Crippen molar-refractivity contribution in [2.24, 2.45) is 0 Å². The summed E-state index contributed by atoms with van der Waals surface area (Å²) in [7, 11) is 0. The first kappa shape index (κ1) is 16.8. The Morgan fingerprint density at radius 1 is 1.33 bits per heavy atom. The van der Waals surface area contributed by atoms with Gasteiger partial charge in [-0.15, -0.1) is 0 Å². The van der Waals surface area contributed by atoms with Crippen molar-refractivity contribution in [3.05, 3.63) is 29.6 Å². The van der Waals surface area contributed by atoms with E-state index in [-0.39, 0.29) is 12.2 Å². The number of halogens is 3. The molecular formula is C14H15F3N2O2. The van der Waals surface area contributed by atoms with Gasteiger partial charge in [-0.1, -0.05) is 12.0 Å². The van der Waals surface area contributed by atoms with Crippen molar-refractivity contribution in [3.63, 3.8) is 0 Å². The molecule has 1 heterocycles. The highest BCUT2D eigenvalue weighted by Crippen LogP contribution is 2.27. The highest BCUT2D eigenvalue weighted by atomic mass is 19.4. The molecule has 1 amide bonds. The van der Waals surface area contributed by atoms with Crippen LogP contribution in [0.15, 0.2) is 18.2 Å². The molecule has 1 rings (SSSR count). The Morgan fingerprint density at radius 3 is 2.57 bits per heavy atom. The standard InChI is InChI=1S/C14H15F3N2O2/c1-13(2,3)21-12(20)18-9-5-7-10-6-4-8-11(19-10)14(15,16)17/h4,6,8H,9H2,1-3H3,(H,18,20). The molecule has 0 saturated carbocycles. The van der Waals surface area contributed by atoms with Crippen LogP contribution in [0.5, 0.6) is 0 Å². The number of rotatable bonds is 1. The van der Waals surface area contributed by atoms with Gasteiger partial charge in [-0.25, -0.2) is 9.78 Å². The van der Waals surface area contributed by atoms with E-state index in [1.54, 1.807) is 20.8 Å². The lowest BCUT2D eigenvalue weighted by molar-refractivity contribution is -0.141. The summed E-state index contributed by atoms with van der Waals surface area (Å²) < 4.78 is 42.3. The minimum atomic E-state index is -4.51. The number of alkyl halides is 3. The Morgan fingerprint density at radius 2 is 2.00 bits per heavy atom. The van der Waals surface area contributed by atoms with Gasteiger partial charge < -0.3 is 10.1 Å². The van der Waals surface area contributed by atoms with Gasteiger partial charge in [0.2, 0.25) is 0 Å². The molecule has 0 radical (unpaired) electrons. The Hall–Kier alpha value is -2.23. The van der Waals surface area contributed by atoms with Gasteiger partial charge in [0.25, 0.3) is 0 Å². The van der Waals surface area contributed by atoms with Crippen molar-refractivity contribution in [3.8, 4) is 11.8 Å². The first-order valence-corrected chi connectivity index (χ1v) is 6.08. The lowest BCUT2D eigenvalue weighted by Crippen LogP contribution is -2.32. The molecule has 0 aliphatic heterocycles. The monoisotopic (exact) mass is 300 g/mol. The highest BCUT2D eigenvalue weighted by Gasteiger charge is 2.32. The summed E-state index contributed by atoms with van der Waals surface area (Å²) in [6.45, 7) is 5.09. The Balaban J connectivity index is 2.58. The molecule has 0 unspecified atom stereocenters. The molecule has 0 atom stereocenters. The number of aromatic nitrogens is 1. The number of carbonyl (C=O) groups is 1. The quantitative estimate of drug-likeness (QED) is 0.811. The third kappa shape index (κ3) is 6.65. The van der Waals surface area contributed by atoms with Crippen molar-refractivity contribution in [1.82, 2.24) is 10.3 Å². The van der Waals surface area contributed by atoms with Gasteiger partial charge in [-0.05, 0) is 38.8 Å². The number of ether oxygens (including phenoxy) is 1. The summed E-state index contributed by atoms with van der Waals surface area (Å²) in [6.07, 6.45) is -5.15. The molecule has 1 aromatic heterocycles. The van der Waals surface area contributed by atoms with Crippen LogP contribution < -0.4 is 5.32 Å². The SMILES string of the molecule is CC(C)(C)OC(=O)NCC#Cc1cccc(C(F)(F)F)n1. The van der Waals surface area contributed by atoms with Crippen molar-refractivity contribution in [2.45, 2.75) is 32.5 Å². The summed E-state index contributed by atoms with van der Waals surface area (Å²) in [6, 6.07) is 3.45. The normalized spacial score (nSPS) is 11.3. The van der Waals surface area contributed by atoms with Crippen LogP contribution in [-0.4, -0.2) is 23.2 Å². The van der Waals surface area contributed by atoms with Gasteiger partial charge in [-0.3, -0.25) is 0 Å². The Labute approximate surface area is 120 Å². The van der Waals surface area contributed by atoms with Gasteiger partial charge in [0, 0.05) is 0 Å². The zero-order valence-electron chi connectivity index (χ0n) is 11.8. The molecule has 0 bridgehead atoms. The molecule has 0 aliphatic rings. The van der Waals surface area contributed by atoms with Crippen LogP contribution in [0.2, 0.25) is 0 Å². The smallest absolute Gasteiger partial charge is 0.433 e. The molecular weight excluding hydrogens is 285 g/mol. The highest BCUT2D eigenvalue weighted by molar-refractivity contribution is 5.68. The summed E-state index contributed by atoms with van der Waals surface area (Å²) in [5.41, 5.74) is -1.65. The number of carbonyl (C=O) groups excluding carboxylic acids is 1. The van der Waals surface area contributed by atoms with Crippen LogP contribution in [0.3, 0.4) is 0 Å². The lowest BCUT2D eigenvalue weighted by atomic mass is 10.2. The summed E-state index contributed by atoms with van der Waals surface area (Å²) in [4.78, 5) is 14.7. The molecule has 0 fully saturated rings. The van der Waals surface area contributed by atoms with Crippen LogP contribution in [0.25, 0.3) is 0 Å². The lowest BCUT2D eigenvalue weighted by Gasteiger charge is -2.18. The summed E-state index contributed by atoms with van der Waals surface area (Å²) in [5, 5.41) is 2.37. The van der Waals surface area contributed by atoms with Crippen molar-refractivity contribution < 1.29 is 22.7 Å². The van der Waals surface area contributed by atoms with E-state index < -0.39 is 23.6 Å². The molecule has 21 heavy (non-hydrogen) atoms. The molecule has 114 valence electrons. The van der Waals surface area contributed by atoms with Crippen LogP contribution in [-0.2, 0) is 10.9 Å². The summed E-state index contributed by atoms with van der Waals surface area (Å²) >= 11 is 0. The molecule has 1 N–H and O–H groups in total. The first-order valence-electron chi connectivity index (χ1n) is 6.08. The molecule has 0 aromatic carbocycles. The van der Waals surface area contributed by atoms with E-state index in [9.17, 15) is 18.0 Å². The number of pyridine rings is 1. The molecule has 0 spiro atoms. The Bertz CT molecular complexity index is 566. The topological polar surface area (TPSA) is 51.2 Å². The molecule has 0 saturated heterocycles. The van der Waals surface area contributed by atoms with Gasteiger partial charge in [-0.2, -0.15) is 13.2 Å². The third-order valence-corrected chi connectivity index (χ3v) is 1.98.